The fourth-order valence-electron chi connectivity index (χ4n) is 1.92. The first-order chi connectivity index (χ1) is 10.8. The van der Waals surface area contributed by atoms with Gasteiger partial charge in [0.25, 0.3) is 5.91 Å². The lowest BCUT2D eigenvalue weighted by atomic mass is 10.2. The monoisotopic (exact) mass is 332 g/mol. The highest BCUT2D eigenvalue weighted by molar-refractivity contribution is 7.18. The molecule has 23 heavy (non-hydrogen) atoms. The summed E-state index contributed by atoms with van der Waals surface area (Å²) in [5, 5.41) is 12.2. The Bertz CT molecular complexity index is 796. The average molecular weight is 332 g/mol. The predicted molar refractivity (Wildman–Crippen MR) is 85.7 cm³/mol. The number of aryl methyl sites for hydroxylation is 1. The number of nitrogens with zero attached hydrogens (tertiary/aromatic N) is 1. The van der Waals surface area contributed by atoms with E-state index in [4.69, 9.17) is 9.15 Å². The van der Waals surface area contributed by atoms with Crippen LogP contribution in [0.2, 0.25) is 0 Å². The van der Waals surface area contributed by atoms with Crippen molar-refractivity contribution in [3.05, 3.63) is 39.7 Å². The number of rotatable bonds is 4. The Morgan fingerprint density at radius 2 is 2.04 bits per heavy atom. The van der Waals surface area contributed by atoms with Crippen LogP contribution >= 0.6 is 11.3 Å². The third-order valence-corrected chi connectivity index (χ3v) is 4.17. The van der Waals surface area contributed by atoms with Crippen molar-refractivity contribution in [1.29, 1.82) is 5.26 Å². The lowest BCUT2D eigenvalue weighted by Crippen LogP contribution is -2.11. The molecule has 1 amide bonds. The molecule has 0 aliphatic rings. The average Bonchev–Trinajstić information content (AvgIpc) is 3.02. The summed E-state index contributed by atoms with van der Waals surface area (Å²) in [6.45, 7) is 6.87. The highest BCUT2D eigenvalue weighted by atomic mass is 32.1. The van der Waals surface area contributed by atoms with Crippen LogP contribution in [0.4, 0.5) is 5.00 Å². The molecule has 1 N–H and O–H groups in total. The molecule has 7 heteroatoms. The van der Waals surface area contributed by atoms with Crippen LogP contribution in [0, 0.1) is 25.2 Å². The number of furan rings is 1. The summed E-state index contributed by atoms with van der Waals surface area (Å²) in [5.41, 5.74) is 0.747. The molecule has 2 rings (SSSR count). The number of nitrogens with one attached hydrogen (secondary N) is 1. The molecule has 0 saturated heterocycles. The van der Waals surface area contributed by atoms with E-state index in [0.29, 0.717) is 21.2 Å². The third-order valence-electron chi connectivity index (χ3n) is 2.98. The topological polar surface area (TPSA) is 92.3 Å². The van der Waals surface area contributed by atoms with Crippen molar-refractivity contribution < 1.29 is 18.7 Å². The number of carbonyl (C=O) groups is 2. The van der Waals surface area contributed by atoms with Crippen LogP contribution < -0.4 is 5.32 Å². The van der Waals surface area contributed by atoms with Crippen molar-refractivity contribution in [1.82, 2.24) is 0 Å². The molecular formula is C16H16N2O4S. The number of ether oxygens (including phenoxy) is 1. The zero-order chi connectivity index (χ0) is 17.1. The Balaban J connectivity index is 2.30. The van der Waals surface area contributed by atoms with E-state index in [1.807, 2.05) is 6.07 Å². The highest BCUT2D eigenvalue weighted by Crippen LogP contribution is 2.33. The molecule has 2 heterocycles. The van der Waals surface area contributed by atoms with Gasteiger partial charge in [0.1, 0.15) is 21.7 Å². The van der Waals surface area contributed by atoms with Gasteiger partial charge in [0, 0.05) is 0 Å². The minimum Gasteiger partial charge on any atom is -0.459 e. The lowest BCUT2D eigenvalue weighted by molar-refractivity contribution is 0.0383. The maximum absolute atomic E-state index is 12.1. The molecule has 2 aromatic rings. The molecule has 0 atom stereocenters. The SMILES string of the molecule is Cc1ccc(C(=O)Nc2sc(C(=O)OC(C)C)c(C)c2C#N)o1. The van der Waals surface area contributed by atoms with Gasteiger partial charge in [0.05, 0.1) is 11.7 Å². The molecule has 2 aromatic heterocycles. The van der Waals surface area contributed by atoms with Crippen LogP contribution in [-0.4, -0.2) is 18.0 Å². The van der Waals surface area contributed by atoms with Gasteiger partial charge in [-0.1, -0.05) is 0 Å². The molecule has 0 radical (unpaired) electrons. The van der Waals surface area contributed by atoms with Gasteiger partial charge in [0.2, 0.25) is 0 Å². The first-order valence-electron chi connectivity index (χ1n) is 6.95. The standard InChI is InChI=1S/C16H16N2O4S/c1-8(2)21-16(20)13-10(4)11(7-17)15(23-13)18-14(19)12-6-5-9(3)22-12/h5-6,8H,1-4H3,(H,18,19). The molecule has 0 fully saturated rings. The maximum atomic E-state index is 12.1. The minimum atomic E-state index is -0.506. The number of amides is 1. The molecule has 0 aromatic carbocycles. The van der Waals surface area contributed by atoms with Gasteiger partial charge < -0.3 is 14.5 Å². The summed E-state index contributed by atoms with van der Waals surface area (Å²) in [6.07, 6.45) is -0.265. The number of esters is 1. The van der Waals surface area contributed by atoms with Gasteiger partial charge in [-0.15, -0.1) is 11.3 Å². The number of hydrogen-bond acceptors (Lipinski definition) is 6. The molecule has 120 valence electrons. The van der Waals surface area contributed by atoms with Crippen molar-refractivity contribution in [2.24, 2.45) is 0 Å². The number of nitriles is 1. The summed E-state index contributed by atoms with van der Waals surface area (Å²) in [6, 6.07) is 5.23. The molecule has 0 saturated carbocycles. The van der Waals surface area contributed by atoms with Crippen LogP contribution in [0.15, 0.2) is 16.5 Å². The van der Waals surface area contributed by atoms with Gasteiger partial charge >= 0.3 is 5.97 Å². The van der Waals surface area contributed by atoms with Crippen LogP contribution in [-0.2, 0) is 4.74 Å². The summed E-state index contributed by atoms with van der Waals surface area (Å²) in [4.78, 5) is 24.5. The van der Waals surface area contributed by atoms with Crippen molar-refractivity contribution in [2.75, 3.05) is 5.32 Å². The Morgan fingerprint density at radius 3 is 2.57 bits per heavy atom. The van der Waals surface area contributed by atoms with Crippen LogP contribution in [0.25, 0.3) is 0 Å². The van der Waals surface area contributed by atoms with Crippen molar-refractivity contribution >= 4 is 28.2 Å². The zero-order valence-corrected chi connectivity index (χ0v) is 14.0. The summed E-state index contributed by atoms with van der Waals surface area (Å²) < 4.78 is 10.4. The van der Waals surface area contributed by atoms with Gasteiger partial charge in [-0.2, -0.15) is 5.26 Å². The Labute approximate surface area is 137 Å². The first kappa shape index (κ1) is 16.8. The first-order valence-corrected chi connectivity index (χ1v) is 7.77. The molecule has 0 unspecified atom stereocenters. The van der Waals surface area contributed by atoms with E-state index in [9.17, 15) is 14.9 Å². The fourth-order valence-corrected chi connectivity index (χ4v) is 2.95. The number of hydrogen-bond donors (Lipinski definition) is 1. The van der Waals surface area contributed by atoms with E-state index < -0.39 is 11.9 Å². The predicted octanol–water partition coefficient (Wildman–Crippen LogP) is 3.65. The molecule has 6 nitrogen and oxygen atoms in total. The maximum Gasteiger partial charge on any atom is 0.348 e. The lowest BCUT2D eigenvalue weighted by Gasteiger charge is -2.06. The fraction of sp³-hybridized carbons (Fsp3) is 0.312. The summed E-state index contributed by atoms with van der Waals surface area (Å²) in [7, 11) is 0. The Hall–Kier alpha value is -2.59. The van der Waals surface area contributed by atoms with Crippen LogP contribution in [0.5, 0.6) is 0 Å². The van der Waals surface area contributed by atoms with E-state index >= 15 is 0 Å². The normalized spacial score (nSPS) is 10.4. The molecular weight excluding hydrogens is 316 g/mol. The summed E-state index contributed by atoms with van der Waals surface area (Å²) in [5.74, 6) is -0.226. The highest BCUT2D eigenvalue weighted by Gasteiger charge is 2.23. The van der Waals surface area contributed by atoms with Crippen LogP contribution in [0.1, 0.15) is 51.0 Å². The van der Waals surface area contributed by atoms with E-state index in [1.165, 1.54) is 0 Å². The van der Waals surface area contributed by atoms with E-state index in [2.05, 4.69) is 5.32 Å². The van der Waals surface area contributed by atoms with Gasteiger partial charge in [-0.05, 0) is 45.4 Å². The van der Waals surface area contributed by atoms with E-state index in [0.717, 1.165) is 11.3 Å². The quantitative estimate of drug-likeness (QED) is 0.863. The van der Waals surface area contributed by atoms with E-state index in [1.54, 1.807) is 39.8 Å². The second kappa shape index (κ2) is 6.67. The third kappa shape index (κ3) is 3.60. The van der Waals surface area contributed by atoms with Crippen molar-refractivity contribution in [2.45, 2.75) is 33.8 Å². The smallest absolute Gasteiger partial charge is 0.348 e. The largest absolute Gasteiger partial charge is 0.459 e. The Morgan fingerprint density at radius 1 is 1.35 bits per heavy atom. The van der Waals surface area contributed by atoms with Gasteiger partial charge in [-0.3, -0.25) is 4.79 Å². The van der Waals surface area contributed by atoms with Crippen molar-refractivity contribution in [3.8, 4) is 6.07 Å². The molecule has 0 aliphatic carbocycles. The second-order valence-electron chi connectivity index (χ2n) is 5.19. The molecule has 0 aliphatic heterocycles. The van der Waals surface area contributed by atoms with E-state index in [-0.39, 0.29) is 17.4 Å². The number of thiophene rings is 1. The van der Waals surface area contributed by atoms with Gasteiger partial charge in [-0.25, -0.2) is 4.79 Å². The van der Waals surface area contributed by atoms with Crippen LogP contribution in [0.3, 0.4) is 0 Å². The zero-order valence-electron chi connectivity index (χ0n) is 13.2. The summed E-state index contributed by atoms with van der Waals surface area (Å²) >= 11 is 1.02. The van der Waals surface area contributed by atoms with Gasteiger partial charge in [0.15, 0.2) is 5.76 Å². The molecule has 0 spiro atoms. The number of carbonyl (C=O) groups excluding carboxylic acids is 2. The Kier molecular flexibility index (Phi) is 4.86. The number of anilines is 1. The van der Waals surface area contributed by atoms with Crippen molar-refractivity contribution in [3.63, 3.8) is 0 Å². The second-order valence-corrected chi connectivity index (χ2v) is 6.21. The molecule has 0 bridgehead atoms. The minimum absolute atomic E-state index is 0.142.